The Bertz CT molecular complexity index is 574. The van der Waals surface area contributed by atoms with Crippen molar-refractivity contribution < 1.29 is 4.42 Å². The molecular weight excluding hydrogens is 282 g/mol. The van der Waals surface area contributed by atoms with Crippen LogP contribution in [0.3, 0.4) is 0 Å². The first kappa shape index (κ1) is 13.5. The van der Waals surface area contributed by atoms with E-state index in [2.05, 4.69) is 26.6 Å². The second kappa shape index (κ2) is 5.91. The van der Waals surface area contributed by atoms with Crippen LogP contribution in [0, 0.1) is 0 Å². The second-order valence-electron chi connectivity index (χ2n) is 6.00. The summed E-state index contributed by atoms with van der Waals surface area (Å²) in [7, 11) is 0. The van der Waals surface area contributed by atoms with Gasteiger partial charge in [-0.3, -0.25) is 4.90 Å². The van der Waals surface area contributed by atoms with Crippen molar-refractivity contribution in [2.75, 3.05) is 13.1 Å². The van der Waals surface area contributed by atoms with Crippen LogP contribution in [0.1, 0.15) is 31.4 Å². The van der Waals surface area contributed by atoms with Crippen molar-refractivity contribution in [3.8, 4) is 10.8 Å². The van der Waals surface area contributed by atoms with Crippen molar-refractivity contribution >= 4 is 11.3 Å². The Kier molecular flexibility index (Phi) is 3.80. The van der Waals surface area contributed by atoms with Crippen LogP contribution in [-0.4, -0.2) is 35.1 Å². The summed E-state index contributed by atoms with van der Waals surface area (Å²) in [4.78, 5) is 8.35. The van der Waals surface area contributed by atoms with Crippen molar-refractivity contribution in [2.24, 2.45) is 0 Å². The van der Waals surface area contributed by atoms with Gasteiger partial charge in [0.2, 0.25) is 5.89 Å². The first-order valence-electron chi connectivity index (χ1n) is 7.86. The van der Waals surface area contributed by atoms with Gasteiger partial charge in [-0.25, -0.2) is 4.98 Å². The normalized spacial score (nSPS) is 26.7. The van der Waals surface area contributed by atoms with Crippen LogP contribution in [0.15, 0.2) is 28.2 Å². The Hall–Kier alpha value is -1.17. The number of rotatable bonds is 4. The Balaban J connectivity index is 1.45. The molecular formula is C16H21N3OS. The molecule has 5 heteroatoms. The van der Waals surface area contributed by atoms with E-state index < -0.39 is 0 Å². The van der Waals surface area contributed by atoms with Gasteiger partial charge in [0.15, 0.2) is 0 Å². The third-order valence-electron chi connectivity index (χ3n) is 4.63. The van der Waals surface area contributed by atoms with Crippen molar-refractivity contribution in [1.82, 2.24) is 15.2 Å². The van der Waals surface area contributed by atoms with Gasteiger partial charge < -0.3 is 9.73 Å². The predicted octanol–water partition coefficient (Wildman–Crippen LogP) is 3.12. The molecule has 0 saturated carbocycles. The maximum atomic E-state index is 5.64. The summed E-state index contributed by atoms with van der Waals surface area (Å²) in [6.45, 7) is 3.28. The minimum absolute atomic E-state index is 0.675. The predicted molar refractivity (Wildman–Crippen MR) is 84.3 cm³/mol. The van der Waals surface area contributed by atoms with Crippen LogP contribution < -0.4 is 5.32 Å². The van der Waals surface area contributed by atoms with Gasteiger partial charge in [0.05, 0.1) is 10.6 Å². The molecule has 2 aromatic heterocycles. The molecule has 0 spiro atoms. The van der Waals surface area contributed by atoms with Crippen molar-refractivity contribution in [3.05, 3.63) is 29.5 Å². The van der Waals surface area contributed by atoms with Crippen molar-refractivity contribution in [1.29, 1.82) is 0 Å². The lowest BCUT2D eigenvalue weighted by Crippen LogP contribution is -2.43. The smallest absolute Gasteiger partial charge is 0.236 e. The molecule has 0 amide bonds. The second-order valence-corrected chi connectivity index (χ2v) is 6.95. The van der Waals surface area contributed by atoms with Crippen LogP contribution in [0.4, 0.5) is 0 Å². The van der Waals surface area contributed by atoms with E-state index >= 15 is 0 Å². The zero-order valence-corrected chi connectivity index (χ0v) is 12.9. The van der Waals surface area contributed by atoms with E-state index in [0.717, 1.165) is 23.0 Å². The molecule has 2 aliphatic heterocycles. The number of thiophene rings is 1. The van der Waals surface area contributed by atoms with Crippen LogP contribution in [0.25, 0.3) is 10.8 Å². The number of nitrogens with zero attached hydrogens (tertiary/aromatic N) is 2. The van der Waals surface area contributed by atoms with E-state index in [1.54, 1.807) is 11.3 Å². The fourth-order valence-corrected chi connectivity index (χ4v) is 4.30. The largest absolute Gasteiger partial charge is 0.444 e. The summed E-state index contributed by atoms with van der Waals surface area (Å²) in [5, 5.41) is 5.72. The topological polar surface area (TPSA) is 41.3 Å². The van der Waals surface area contributed by atoms with Crippen molar-refractivity contribution in [3.63, 3.8) is 0 Å². The monoisotopic (exact) mass is 303 g/mol. The molecule has 4 nitrogen and oxygen atoms in total. The van der Waals surface area contributed by atoms with Gasteiger partial charge in [0, 0.05) is 18.6 Å². The summed E-state index contributed by atoms with van der Waals surface area (Å²) >= 11 is 1.67. The van der Waals surface area contributed by atoms with Gasteiger partial charge in [0.1, 0.15) is 6.26 Å². The molecule has 2 aromatic rings. The summed E-state index contributed by atoms with van der Waals surface area (Å²) in [6.07, 6.45) is 7.08. The van der Waals surface area contributed by atoms with E-state index in [0.29, 0.717) is 12.1 Å². The van der Waals surface area contributed by atoms with Gasteiger partial charge in [0.25, 0.3) is 0 Å². The van der Waals surface area contributed by atoms with Crippen molar-refractivity contribution in [2.45, 2.75) is 44.3 Å². The number of likely N-dealkylation sites (tertiary alicyclic amines) is 1. The molecule has 1 N–H and O–H groups in total. The molecule has 0 aliphatic carbocycles. The standard InChI is InChI=1S/C16H21N3OS/c1-4-13(17-7-1)14-5-2-8-19(14)10-12-11-20-16(18-12)15-6-3-9-21-15/h3,6,9,11,13-14,17H,1-2,4-5,7-8,10H2. The van der Waals surface area contributed by atoms with Crippen LogP contribution in [0.2, 0.25) is 0 Å². The highest BCUT2D eigenvalue weighted by molar-refractivity contribution is 7.13. The lowest BCUT2D eigenvalue weighted by molar-refractivity contribution is 0.204. The van der Waals surface area contributed by atoms with E-state index in [9.17, 15) is 0 Å². The zero-order chi connectivity index (χ0) is 14.1. The summed E-state index contributed by atoms with van der Waals surface area (Å²) < 4.78 is 5.64. The molecule has 2 atom stereocenters. The molecule has 0 aromatic carbocycles. The molecule has 2 unspecified atom stereocenters. The first-order valence-corrected chi connectivity index (χ1v) is 8.74. The van der Waals surface area contributed by atoms with Crippen LogP contribution in [0.5, 0.6) is 0 Å². The molecule has 0 bridgehead atoms. The number of oxazole rings is 1. The number of hydrogen-bond acceptors (Lipinski definition) is 5. The SMILES string of the molecule is c1csc(-c2nc(CN3CCCC3C3CCCN3)co2)c1. The summed E-state index contributed by atoms with van der Waals surface area (Å²) in [5.41, 5.74) is 1.06. The Morgan fingerprint density at radius 1 is 1.38 bits per heavy atom. The van der Waals surface area contributed by atoms with Gasteiger partial charge >= 0.3 is 0 Å². The average molecular weight is 303 g/mol. The van der Waals surface area contributed by atoms with Crippen LogP contribution in [-0.2, 0) is 6.54 Å². The van der Waals surface area contributed by atoms with E-state index in [1.807, 2.05) is 12.3 Å². The van der Waals surface area contributed by atoms with Gasteiger partial charge in [-0.15, -0.1) is 11.3 Å². The lowest BCUT2D eigenvalue weighted by atomic mass is 10.0. The number of nitrogens with one attached hydrogen (secondary N) is 1. The fraction of sp³-hybridized carbons (Fsp3) is 0.562. The summed E-state index contributed by atoms with van der Waals surface area (Å²) in [5.74, 6) is 0.759. The number of hydrogen-bond donors (Lipinski definition) is 1. The van der Waals surface area contributed by atoms with Gasteiger partial charge in [-0.2, -0.15) is 0 Å². The molecule has 4 rings (SSSR count). The molecule has 4 heterocycles. The van der Waals surface area contributed by atoms with E-state index in [-0.39, 0.29) is 0 Å². The highest BCUT2D eigenvalue weighted by Crippen LogP contribution is 2.28. The minimum Gasteiger partial charge on any atom is -0.444 e. The molecule has 2 saturated heterocycles. The first-order chi connectivity index (χ1) is 10.4. The Morgan fingerprint density at radius 2 is 2.38 bits per heavy atom. The highest BCUT2D eigenvalue weighted by Gasteiger charge is 2.33. The third-order valence-corrected chi connectivity index (χ3v) is 5.48. The lowest BCUT2D eigenvalue weighted by Gasteiger charge is -2.28. The van der Waals surface area contributed by atoms with E-state index in [1.165, 1.54) is 38.8 Å². The molecule has 0 radical (unpaired) electrons. The van der Waals surface area contributed by atoms with Gasteiger partial charge in [-0.05, 0) is 50.2 Å². The minimum atomic E-state index is 0.675. The Labute approximate surface area is 129 Å². The zero-order valence-electron chi connectivity index (χ0n) is 12.1. The van der Waals surface area contributed by atoms with E-state index in [4.69, 9.17) is 4.42 Å². The highest BCUT2D eigenvalue weighted by atomic mass is 32.1. The molecule has 2 aliphatic rings. The molecule has 112 valence electrons. The third kappa shape index (κ3) is 2.78. The average Bonchev–Trinajstić information content (AvgIpc) is 3.28. The molecule has 21 heavy (non-hydrogen) atoms. The molecule has 2 fully saturated rings. The van der Waals surface area contributed by atoms with Crippen LogP contribution >= 0.6 is 11.3 Å². The van der Waals surface area contributed by atoms with Gasteiger partial charge in [-0.1, -0.05) is 6.07 Å². The number of aromatic nitrogens is 1. The Morgan fingerprint density at radius 3 is 3.19 bits per heavy atom. The quantitative estimate of drug-likeness (QED) is 0.942. The summed E-state index contributed by atoms with van der Waals surface area (Å²) in [6, 6.07) is 5.44. The fourth-order valence-electron chi connectivity index (χ4n) is 3.64. The maximum absolute atomic E-state index is 5.64. The maximum Gasteiger partial charge on any atom is 0.236 e.